The lowest BCUT2D eigenvalue weighted by Crippen LogP contribution is -2.13. The maximum atomic E-state index is 13.6. The van der Waals surface area contributed by atoms with E-state index in [1.807, 2.05) is 6.92 Å². The van der Waals surface area contributed by atoms with Crippen molar-refractivity contribution in [2.45, 2.75) is 13.3 Å². The Bertz CT molecular complexity index is 828. The van der Waals surface area contributed by atoms with Crippen molar-refractivity contribution in [2.24, 2.45) is 0 Å². The monoisotopic (exact) mass is 311 g/mol. The Morgan fingerprint density at radius 1 is 1.17 bits per heavy atom. The Balaban J connectivity index is 1.75. The zero-order valence-electron chi connectivity index (χ0n) is 12.4. The summed E-state index contributed by atoms with van der Waals surface area (Å²) < 4.78 is 18.7. The number of anilines is 1. The van der Waals surface area contributed by atoms with E-state index in [1.54, 1.807) is 30.3 Å². The van der Waals surface area contributed by atoms with E-state index in [1.165, 1.54) is 18.2 Å². The third-order valence-electron chi connectivity index (χ3n) is 3.29. The summed E-state index contributed by atoms with van der Waals surface area (Å²) >= 11 is 0. The second kappa shape index (κ2) is 6.39. The SMILES string of the molecule is CCc1noc(-c2ccc(NC(=O)c3ccccc3F)cc2)n1. The number of carbonyl (C=O) groups is 1. The molecule has 0 unspecified atom stereocenters. The van der Waals surface area contributed by atoms with Crippen LogP contribution in [0.1, 0.15) is 23.1 Å². The molecule has 0 bridgehead atoms. The first-order valence-corrected chi connectivity index (χ1v) is 7.16. The first kappa shape index (κ1) is 14.9. The van der Waals surface area contributed by atoms with Gasteiger partial charge in [0.05, 0.1) is 5.56 Å². The number of aromatic nitrogens is 2. The predicted molar refractivity (Wildman–Crippen MR) is 83.5 cm³/mol. The number of hydrogen-bond acceptors (Lipinski definition) is 4. The average Bonchev–Trinajstić information content (AvgIpc) is 3.05. The molecule has 0 aliphatic heterocycles. The number of halogens is 1. The standard InChI is InChI=1S/C17H14FN3O2/c1-2-15-20-17(23-21-15)11-7-9-12(10-8-11)19-16(22)13-5-3-4-6-14(13)18/h3-10H,2H2,1H3,(H,19,22). The highest BCUT2D eigenvalue weighted by Gasteiger charge is 2.12. The van der Waals surface area contributed by atoms with Crippen LogP contribution in [0.2, 0.25) is 0 Å². The van der Waals surface area contributed by atoms with Crippen molar-refractivity contribution in [2.75, 3.05) is 5.32 Å². The minimum atomic E-state index is -0.556. The van der Waals surface area contributed by atoms with Gasteiger partial charge in [0.15, 0.2) is 5.82 Å². The van der Waals surface area contributed by atoms with E-state index >= 15 is 0 Å². The Labute approximate surface area is 132 Å². The molecule has 0 aliphatic rings. The number of benzene rings is 2. The summed E-state index contributed by atoms with van der Waals surface area (Å²) in [6, 6.07) is 12.7. The number of nitrogens with one attached hydrogen (secondary N) is 1. The molecule has 6 heteroatoms. The van der Waals surface area contributed by atoms with Crippen LogP contribution in [0.25, 0.3) is 11.5 Å². The van der Waals surface area contributed by atoms with Gasteiger partial charge in [0, 0.05) is 17.7 Å². The van der Waals surface area contributed by atoms with E-state index in [2.05, 4.69) is 15.5 Å². The normalized spacial score (nSPS) is 10.5. The van der Waals surface area contributed by atoms with Gasteiger partial charge in [-0.2, -0.15) is 4.98 Å². The molecule has 0 fully saturated rings. The van der Waals surface area contributed by atoms with Crippen molar-refractivity contribution < 1.29 is 13.7 Å². The Morgan fingerprint density at radius 3 is 2.57 bits per heavy atom. The molecule has 1 aromatic heterocycles. The van der Waals surface area contributed by atoms with Gasteiger partial charge in [-0.25, -0.2) is 4.39 Å². The highest BCUT2D eigenvalue weighted by Crippen LogP contribution is 2.20. The fourth-order valence-corrected chi connectivity index (χ4v) is 2.05. The van der Waals surface area contributed by atoms with Gasteiger partial charge in [0.25, 0.3) is 11.8 Å². The second-order valence-corrected chi connectivity index (χ2v) is 4.88. The first-order chi connectivity index (χ1) is 11.2. The molecule has 0 atom stereocenters. The summed E-state index contributed by atoms with van der Waals surface area (Å²) in [5.74, 6) is 0.00671. The average molecular weight is 311 g/mol. The smallest absolute Gasteiger partial charge is 0.258 e. The van der Waals surface area contributed by atoms with Crippen molar-refractivity contribution in [3.05, 3.63) is 65.7 Å². The molecule has 0 radical (unpaired) electrons. The molecule has 0 saturated carbocycles. The molecule has 2 aromatic carbocycles. The zero-order valence-corrected chi connectivity index (χ0v) is 12.4. The van der Waals surface area contributed by atoms with E-state index in [-0.39, 0.29) is 5.56 Å². The maximum Gasteiger partial charge on any atom is 0.258 e. The van der Waals surface area contributed by atoms with Crippen molar-refractivity contribution in [1.29, 1.82) is 0 Å². The lowest BCUT2D eigenvalue weighted by Gasteiger charge is -2.06. The third-order valence-corrected chi connectivity index (χ3v) is 3.29. The Kier molecular flexibility index (Phi) is 4.14. The van der Waals surface area contributed by atoms with Gasteiger partial charge in [-0.15, -0.1) is 0 Å². The van der Waals surface area contributed by atoms with E-state index in [4.69, 9.17) is 4.52 Å². The van der Waals surface area contributed by atoms with Gasteiger partial charge in [-0.05, 0) is 36.4 Å². The summed E-state index contributed by atoms with van der Waals surface area (Å²) in [5.41, 5.74) is 1.30. The minimum Gasteiger partial charge on any atom is -0.334 e. The number of aryl methyl sites for hydroxylation is 1. The number of hydrogen-bond donors (Lipinski definition) is 1. The molecule has 3 aromatic rings. The maximum absolute atomic E-state index is 13.6. The lowest BCUT2D eigenvalue weighted by molar-refractivity contribution is 0.102. The third kappa shape index (κ3) is 3.26. The van der Waals surface area contributed by atoms with Crippen LogP contribution in [0.4, 0.5) is 10.1 Å². The molecule has 0 aliphatic carbocycles. The number of nitrogens with zero attached hydrogens (tertiary/aromatic N) is 2. The number of carbonyl (C=O) groups excluding carboxylic acids is 1. The zero-order chi connectivity index (χ0) is 16.2. The quantitative estimate of drug-likeness (QED) is 0.798. The summed E-state index contributed by atoms with van der Waals surface area (Å²) in [4.78, 5) is 16.3. The van der Waals surface area contributed by atoms with Gasteiger partial charge in [0.1, 0.15) is 5.82 Å². The largest absolute Gasteiger partial charge is 0.334 e. The van der Waals surface area contributed by atoms with Gasteiger partial charge < -0.3 is 9.84 Å². The van der Waals surface area contributed by atoms with Crippen LogP contribution in [-0.2, 0) is 6.42 Å². The van der Waals surface area contributed by atoms with E-state index in [0.29, 0.717) is 23.8 Å². The van der Waals surface area contributed by atoms with Crippen molar-refractivity contribution in [1.82, 2.24) is 10.1 Å². The van der Waals surface area contributed by atoms with E-state index in [0.717, 1.165) is 5.56 Å². The molecule has 0 saturated heterocycles. The van der Waals surface area contributed by atoms with Crippen LogP contribution in [0, 0.1) is 5.82 Å². The molecule has 0 spiro atoms. The van der Waals surface area contributed by atoms with Crippen LogP contribution in [-0.4, -0.2) is 16.0 Å². The summed E-state index contributed by atoms with van der Waals surface area (Å²) in [6.07, 6.45) is 0.695. The molecule has 1 heterocycles. The molecule has 1 amide bonds. The van der Waals surface area contributed by atoms with Crippen LogP contribution < -0.4 is 5.32 Å². The van der Waals surface area contributed by atoms with Crippen LogP contribution >= 0.6 is 0 Å². The number of rotatable bonds is 4. The summed E-state index contributed by atoms with van der Waals surface area (Å²) in [7, 11) is 0. The van der Waals surface area contributed by atoms with E-state index < -0.39 is 11.7 Å². The summed E-state index contributed by atoms with van der Waals surface area (Å²) in [6.45, 7) is 1.94. The highest BCUT2D eigenvalue weighted by atomic mass is 19.1. The highest BCUT2D eigenvalue weighted by molar-refractivity contribution is 6.04. The predicted octanol–water partition coefficient (Wildman–Crippen LogP) is 3.69. The molecule has 3 rings (SSSR count). The van der Waals surface area contributed by atoms with Crippen LogP contribution in [0.3, 0.4) is 0 Å². The van der Waals surface area contributed by atoms with Gasteiger partial charge >= 0.3 is 0 Å². The molecule has 1 N–H and O–H groups in total. The molecule has 23 heavy (non-hydrogen) atoms. The second-order valence-electron chi connectivity index (χ2n) is 4.88. The fourth-order valence-electron chi connectivity index (χ4n) is 2.05. The molecular formula is C17H14FN3O2. The van der Waals surface area contributed by atoms with E-state index in [9.17, 15) is 9.18 Å². The van der Waals surface area contributed by atoms with Crippen molar-refractivity contribution in [3.63, 3.8) is 0 Å². The Hall–Kier alpha value is -3.02. The first-order valence-electron chi connectivity index (χ1n) is 7.16. The topological polar surface area (TPSA) is 68.0 Å². The van der Waals surface area contributed by atoms with Crippen LogP contribution in [0.15, 0.2) is 53.1 Å². The van der Waals surface area contributed by atoms with Gasteiger partial charge in [-0.3, -0.25) is 4.79 Å². The minimum absolute atomic E-state index is 0.000986. The van der Waals surface area contributed by atoms with Crippen molar-refractivity contribution >= 4 is 11.6 Å². The van der Waals surface area contributed by atoms with Crippen LogP contribution in [0.5, 0.6) is 0 Å². The van der Waals surface area contributed by atoms with Crippen molar-refractivity contribution in [3.8, 4) is 11.5 Å². The Morgan fingerprint density at radius 2 is 1.91 bits per heavy atom. The lowest BCUT2D eigenvalue weighted by atomic mass is 10.1. The van der Waals surface area contributed by atoms with Gasteiger partial charge in [0.2, 0.25) is 0 Å². The summed E-state index contributed by atoms with van der Waals surface area (Å²) in [5, 5.41) is 6.48. The molecule has 116 valence electrons. The van der Waals surface area contributed by atoms with Gasteiger partial charge in [-0.1, -0.05) is 24.2 Å². The fraction of sp³-hybridized carbons (Fsp3) is 0.118. The number of amides is 1. The molecule has 5 nitrogen and oxygen atoms in total. The molecular weight excluding hydrogens is 297 g/mol.